The first-order valence-corrected chi connectivity index (χ1v) is 6.62. The van der Waals surface area contributed by atoms with Crippen LogP contribution in [0.1, 0.15) is 11.1 Å². The monoisotopic (exact) mass is 328 g/mol. The van der Waals surface area contributed by atoms with Gasteiger partial charge in [-0.1, -0.05) is 42.0 Å². The van der Waals surface area contributed by atoms with Crippen molar-refractivity contribution in [3.63, 3.8) is 0 Å². The fourth-order valence-corrected chi connectivity index (χ4v) is 1.96. The summed E-state index contributed by atoms with van der Waals surface area (Å²) in [5, 5.41) is -0.103. The molecule has 2 aromatic rings. The standard InChI is InChI=1S/C16H12ClF3O2/c1-21-13-7-4-11(5-8-13)2-3-12-6-9-15(14(17)10-12)22-16(18,19)20/h2-10H,1H3. The molecule has 0 spiro atoms. The molecule has 0 aromatic heterocycles. The molecule has 0 saturated carbocycles. The first kappa shape index (κ1) is 16.2. The lowest BCUT2D eigenvalue weighted by Gasteiger charge is -2.10. The third kappa shape index (κ3) is 4.70. The number of halogens is 4. The molecule has 0 aliphatic rings. The lowest BCUT2D eigenvalue weighted by atomic mass is 10.1. The van der Waals surface area contributed by atoms with E-state index in [2.05, 4.69) is 4.74 Å². The van der Waals surface area contributed by atoms with E-state index in [0.29, 0.717) is 5.56 Å². The van der Waals surface area contributed by atoms with Crippen LogP contribution in [0.25, 0.3) is 12.2 Å². The van der Waals surface area contributed by atoms with Gasteiger partial charge >= 0.3 is 6.36 Å². The lowest BCUT2D eigenvalue weighted by Crippen LogP contribution is -2.17. The molecule has 0 radical (unpaired) electrons. The van der Waals surface area contributed by atoms with Crippen molar-refractivity contribution in [2.45, 2.75) is 6.36 Å². The van der Waals surface area contributed by atoms with Crippen molar-refractivity contribution in [1.29, 1.82) is 0 Å². The molecule has 0 atom stereocenters. The molecule has 2 nitrogen and oxygen atoms in total. The van der Waals surface area contributed by atoms with Gasteiger partial charge in [0.2, 0.25) is 0 Å². The highest BCUT2D eigenvalue weighted by atomic mass is 35.5. The predicted molar refractivity (Wildman–Crippen MR) is 80.1 cm³/mol. The fourth-order valence-electron chi connectivity index (χ4n) is 1.74. The van der Waals surface area contributed by atoms with Crippen LogP contribution in [0.4, 0.5) is 13.2 Å². The van der Waals surface area contributed by atoms with E-state index in [1.165, 1.54) is 18.2 Å². The van der Waals surface area contributed by atoms with E-state index in [9.17, 15) is 13.2 Å². The topological polar surface area (TPSA) is 18.5 Å². The van der Waals surface area contributed by atoms with E-state index in [4.69, 9.17) is 16.3 Å². The highest BCUT2D eigenvalue weighted by Crippen LogP contribution is 2.31. The third-order valence-corrected chi connectivity index (χ3v) is 3.06. The van der Waals surface area contributed by atoms with Gasteiger partial charge in [-0.2, -0.15) is 0 Å². The number of rotatable bonds is 4. The quantitative estimate of drug-likeness (QED) is 0.698. The lowest BCUT2D eigenvalue weighted by molar-refractivity contribution is -0.274. The second-order valence-electron chi connectivity index (χ2n) is 4.34. The molecule has 116 valence electrons. The Morgan fingerprint density at radius 3 is 2.09 bits per heavy atom. The smallest absolute Gasteiger partial charge is 0.497 e. The maximum atomic E-state index is 12.1. The summed E-state index contributed by atoms with van der Waals surface area (Å²) in [5.41, 5.74) is 1.59. The Labute approximate surface area is 130 Å². The summed E-state index contributed by atoms with van der Waals surface area (Å²) in [4.78, 5) is 0. The van der Waals surface area contributed by atoms with Crippen LogP contribution in [0.5, 0.6) is 11.5 Å². The van der Waals surface area contributed by atoms with Crippen molar-refractivity contribution in [1.82, 2.24) is 0 Å². The normalized spacial score (nSPS) is 11.7. The summed E-state index contributed by atoms with van der Waals surface area (Å²) >= 11 is 5.78. The Kier molecular flexibility index (Phi) is 4.98. The van der Waals surface area contributed by atoms with Gasteiger partial charge in [-0.15, -0.1) is 13.2 Å². The molecule has 0 amide bonds. The van der Waals surface area contributed by atoms with Crippen LogP contribution < -0.4 is 9.47 Å². The van der Waals surface area contributed by atoms with Crippen LogP contribution in [-0.4, -0.2) is 13.5 Å². The molecule has 2 rings (SSSR count). The molecule has 0 unspecified atom stereocenters. The van der Waals surface area contributed by atoms with E-state index in [-0.39, 0.29) is 5.02 Å². The van der Waals surface area contributed by atoms with Crippen molar-refractivity contribution in [2.75, 3.05) is 7.11 Å². The van der Waals surface area contributed by atoms with E-state index >= 15 is 0 Å². The Morgan fingerprint density at radius 1 is 0.955 bits per heavy atom. The summed E-state index contributed by atoms with van der Waals surface area (Å²) in [6, 6.07) is 11.4. The minimum atomic E-state index is -4.76. The summed E-state index contributed by atoms with van der Waals surface area (Å²) in [6.07, 6.45) is -1.20. The molecule has 22 heavy (non-hydrogen) atoms. The van der Waals surface area contributed by atoms with Gasteiger partial charge in [-0.05, 0) is 35.4 Å². The van der Waals surface area contributed by atoms with E-state index in [0.717, 1.165) is 11.3 Å². The molecule has 0 bridgehead atoms. The van der Waals surface area contributed by atoms with Gasteiger partial charge < -0.3 is 9.47 Å². The van der Waals surface area contributed by atoms with E-state index in [1.807, 2.05) is 30.3 Å². The highest BCUT2D eigenvalue weighted by molar-refractivity contribution is 6.32. The number of alkyl halides is 3. The molecule has 2 aromatic carbocycles. The zero-order valence-corrected chi connectivity index (χ0v) is 12.3. The van der Waals surface area contributed by atoms with Gasteiger partial charge in [0.1, 0.15) is 11.5 Å². The molecule has 0 saturated heterocycles. The number of hydrogen-bond donors (Lipinski definition) is 0. The first-order chi connectivity index (χ1) is 10.4. The number of hydrogen-bond acceptors (Lipinski definition) is 2. The molecular formula is C16H12ClF3O2. The SMILES string of the molecule is COc1ccc(C=Cc2ccc(OC(F)(F)F)c(Cl)c2)cc1. The summed E-state index contributed by atoms with van der Waals surface area (Å²) < 4.78 is 45.3. The predicted octanol–water partition coefficient (Wildman–Crippen LogP) is 5.42. The number of benzene rings is 2. The van der Waals surface area contributed by atoms with Crippen molar-refractivity contribution in [2.24, 2.45) is 0 Å². The van der Waals surface area contributed by atoms with Crippen molar-refractivity contribution < 1.29 is 22.6 Å². The van der Waals surface area contributed by atoms with Gasteiger partial charge in [0.15, 0.2) is 0 Å². The van der Waals surface area contributed by atoms with Crippen LogP contribution in [-0.2, 0) is 0 Å². The zero-order valence-electron chi connectivity index (χ0n) is 11.5. The van der Waals surface area contributed by atoms with Crippen LogP contribution in [0.3, 0.4) is 0 Å². The van der Waals surface area contributed by atoms with Crippen LogP contribution in [0.2, 0.25) is 5.02 Å². The van der Waals surface area contributed by atoms with Gasteiger partial charge in [-0.3, -0.25) is 0 Å². The molecule has 0 aliphatic carbocycles. The largest absolute Gasteiger partial charge is 0.573 e. The third-order valence-electron chi connectivity index (χ3n) is 2.77. The Balaban J connectivity index is 2.12. The van der Waals surface area contributed by atoms with E-state index < -0.39 is 12.1 Å². The Bertz CT molecular complexity index is 664. The van der Waals surface area contributed by atoms with Crippen molar-refractivity contribution >= 4 is 23.8 Å². The highest BCUT2D eigenvalue weighted by Gasteiger charge is 2.31. The maximum Gasteiger partial charge on any atom is 0.573 e. The van der Waals surface area contributed by atoms with Crippen LogP contribution in [0.15, 0.2) is 42.5 Å². The Hall–Kier alpha value is -2.14. The van der Waals surface area contributed by atoms with E-state index in [1.54, 1.807) is 13.2 Å². The summed E-state index contributed by atoms with van der Waals surface area (Å²) in [6.45, 7) is 0. The minimum absolute atomic E-state index is 0.103. The van der Waals surface area contributed by atoms with Gasteiger partial charge in [0.05, 0.1) is 12.1 Å². The first-order valence-electron chi connectivity index (χ1n) is 6.25. The van der Waals surface area contributed by atoms with Crippen LogP contribution >= 0.6 is 11.6 Å². The van der Waals surface area contributed by atoms with Gasteiger partial charge in [0.25, 0.3) is 0 Å². The van der Waals surface area contributed by atoms with Crippen molar-refractivity contribution in [3.05, 3.63) is 58.6 Å². The number of methoxy groups -OCH3 is 1. The van der Waals surface area contributed by atoms with Gasteiger partial charge in [-0.25, -0.2) is 0 Å². The van der Waals surface area contributed by atoms with Crippen LogP contribution in [0, 0.1) is 0 Å². The second kappa shape index (κ2) is 6.75. The fraction of sp³-hybridized carbons (Fsp3) is 0.125. The summed E-state index contributed by atoms with van der Waals surface area (Å²) in [7, 11) is 1.58. The minimum Gasteiger partial charge on any atom is -0.497 e. The molecular weight excluding hydrogens is 317 g/mol. The average molecular weight is 329 g/mol. The number of ether oxygens (including phenoxy) is 2. The van der Waals surface area contributed by atoms with Crippen molar-refractivity contribution in [3.8, 4) is 11.5 Å². The second-order valence-corrected chi connectivity index (χ2v) is 4.75. The van der Waals surface area contributed by atoms with Gasteiger partial charge in [0, 0.05) is 0 Å². The molecule has 0 fully saturated rings. The molecule has 6 heteroatoms. The summed E-state index contributed by atoms with van der Waals surface area (Å²) in [5.74, 6) is 0.324. The maximum absolute atomic E-state index is 12.1. The average Bonchev–Trinajstić information content (AvgIpc) is 2.47. The molecule has 0 aliphatic heterocycles. The Morgan fingerprint density at radius 2 is 1.55 bits per heavy atom. The molecule has 0 heterocycles. The zero-order chi connectivity index (χ0) is 16.2. The molecule has 0 N–H and O–H groups in total.